The smallest absolute Gasteiger partial charge is 0.252 e. The monoisotopic (exact) mass is 373 g/mol. The minimum absolute atomic E-state index is 0.0138. The molecule has 1 N–H and O–H groups in total. The molecule has 0 unspecified atom stereocenters. The molecule has 2 rings (SSSR count). The van der Waals surface area contributed by atoms with Crippen molar-refractivity contribution < 1.29 is 4.79 Å². The average molecular weight is 375 g/mol. The predicted octanol–water partition coefficient (Wildman–Crippen LogP) is 4.52. The van der Waals surface area contributed by atoms with Crippen LogP contribution in [0.1, 0.15) is 42.5 Å². The third-order valence-corrected chi connectivity index (χ3v) is 4.60. The van der Waals surface area contributed by atoms with E-state index in [0.717, 1.165) is 15.5 Å². The molecule has 1 aromatic carbocycles. The van der Waals surface area contributed by atoms with E-state index in [4.69, 9.17) is 0 Å². The second-order valence-electron chi connectivity index (χ2n) is 4.84. The van der Waals surface area contributed by atoms with E-state index in [0.29, 0.717) is 11.5 Å². The van der Waals surface area contributed by atoms with E-state index in [1.54, 1.807) is 0 Å². The first-order valence-corrected chi connectivity index (χ1v) is 7.98. The molecule has 4 heteroatoms. The van der Waals surface area contributed by atoms with Crippen LogP contribution in [0.5, 0.6) is 0 Å². The van der Waals surface area contributed by atoms with Crippen LogP contribution in [0.15, 0.2) is 27.1 Å². The SMILES string of the molecule is O=C(NCC1CCCCC1)c1ccc(Br)cc1Br. The van der Waals surface area contributed by atoms with E-state index in [2.05, 4.69) is 37.2 Å². The first-order chi connectivity index (χ1) is 8.66. The van der Waals surface area contributed by atoms with E-state index in [1.165, 1.54) is 32.1 Å². The van der Waals surface area contributed by atoms with Gasteiger partial charge in [-0.3, -0.25) is 4.79 Å². The van der Waals surface area contributed by atoms with Crippen molar-refractivity contribution in [2.45, 2.75) is 32.1 Å². The summed E-state index contributed by atoms with van der Waals surface area (Å²) in [6.07, 6.45) is 6.47. The number of halogens is 2. The molecule has 1 saturated carbocycles. The van der Waals surface area contributed by atoms with Crippen molar-refractivity contribution in [3.05, 3.63) is 32.7 Å². The van der Waals surface area contributed by atoms with E-state index < -0.39 is 0 Å². The van der Waals surface area contributed by atoms with Crippen LogP contribution in [0.2, 0.25) is 0 Å². The van der Waals surface area contributed by atoms with Crippen LogP contribution in [0.4, 0.5) is 0 Å². The number of benzene rings is 1. The Morgan fingerprint density at radius 1 is 1.22 bits per heavy atom. The molecule has 0 atom stereocenters. The quantitative estimate of drug-likeness (QED) is 0.827. The molecule has 0 aliphatic heterocycles. The Morgan fingerprint density at radius 3 is 2.61 bits per heavy atom. The molecule has 0 heterocycles. The van der Waals surface area contributed by atoms with Crippen LogP contribution in [0.25, 0.3) is 0 Å². The summed E-state index contributed by atoms with van der Waals surface area (Å²) in [5.74, 6) is 0.678. The maximum atomic E-state index is 12.1. The number of carbonyl (C=O) groups is 1. The van der Waals surface area contributed by atoms with Crippen LogP contribution in [-0.2, 0) is 0 Å². The molecule has 1 aromatic rings. The number of carbonyl (C=O) groups excluding carboxylic acids is 1. The van der Waals surface area contributed by atoms with E-state index in [9.17, 15) is 4.79 Å². The lowest BCUT2D eigenvalue weighted by Crippen LogP contribution is -2.30. The number of nitrogens with one attached hydrogen (secondary N) is 1. The van der Waals surface area contributed by atoms with Gasteiger partial charge in [-0.25, -0.2) is 0 Å². The maximum Gasteiger partial charge on any atom is 0.252 e. The summed E-state index contributed by atoms with van der Waals surface area (Å²) in [6.45, 7) is 0.807. The highest BCUT2D eigenvalue weighted by Gasteiger charge is 2.16. The molecular weight excluding hydrogens is 358 g/mol. The van der Waals surface area contributed by atoms with Crippen LogP contribution in [-0.4, -0.2) is 12.5 Å². The fraction of sp³-hybridized carbons (Fsp3) is 0.500. The van der Waals surface area contributed by atoms with Gasteiger partial charge < -0.3 is 5.32 Å². The van der Waals surface area contributed by atoms with Gasteiger partial charge in [0.1, 0.15) is 0 Å². The zero-order valence-corrected chi connectivity index (χ0v) is 13.4. The van der Waals surface area contributed by atoms with Gasteiger partial charge in [0, 0.05) is 15.5 Å². The third kappa shape index (κ3) is 3.82. The molecule has 18 heavy (non-hydrogen) atoms. The summed E-state index contributed by atoms with van der Waals surface area (Å²) in [7, 11) is 0. The Kier molecular flexibility index (Phi) is 5.25. The zero-order chi connectivity index (χ0) is 13.0. The van der Waals surface area contributed by atoms with Crippen molar-refractivity contribution >= 4 is 37.8 Å². The Balaban J connectivity index is 1.90. The minimum atomic E-state index is 0.0138. The van der Waals surface area contributed by atoms with Gasteiger partial charge in [0.15, 0.2) is 0 Å². The van der Waals surface area contributed by atoms with Crippen molar-refractivity contribution in [1.82, 2.24) is 5.32 Å². The molecule has 1 aliphatic rings. The minimum Gasteiger partial charge on any atom is -0.352 e. The van der Waals surface area contributed by atoms with Gasteiger partial charge in [-0.15, -0.1) is 0 Å². The summed E-state index contributed by atoms with van der Waals surface area (Å²) < 4.78 is 1.80. The van der Waals surface area contributed by atoms with Crippen molar-refractivity contribution in [2.75, 3.05) is 6.54 Å². The van der Waals surface area contributed by atoms with Crippen LogP contribution < -0.4 is 5.32 Å². The topological polar surface area (TPSA) is 29.1 Å². The molecule has 0 saturated heterocycles. The van der Waals surface area contributed by atoms with Gasteiger partial charge in [-0.2, -0.15) is 0 Å². The van der Waals surface area contributed by atoms with Crippen LogP contribution in [0.3, 0.4) is 0 Å². The van der Waals surface area contributed by atoms with Crippen molar-refractivity contribution in [1.29, 1.82) is 0 Å². The van der Waals surface area contributed by atoms with Gasteiger partial charge in [-0.1, -0.05) is 35.2 Å². The Hall–Kier alpha value is -0.350. The molecule has 0 radical (unpaired) electrons. The maximum absolute atomic E-state index is 12.1. The summed E-state index contributed by atoms with van der Waals surface area (Å²) in [5, 5.41) is 3.04. The molecule has 0 bridgehead atoms. The first kappa shape index (κ1) is 14.1. The summed E-state index contributed by atoms with van der Waals surface area (Å²) in [6, 6.07) is 5.63. The molecule has 0 spiro atoms. The highest BCUT2D eigenvalue weighted by molar-refractivity contribution is 9.11. The predicted molar refractivity (Wildman–Crippen MR) is 80.8 cm³/mol. The molecule has 2 nitrogen and oxygen atoms in total. The van der Waals surface area contributed by atoms with Crippen LogP contribution >= 0.6 is 31.9 Å². The molecule has 1 amide bonds. The van der Waals surface area contributed by atoms with E-state index in [1.807, 2.05) is 18.2 Å². The largest absolute Gasteiger partial charge is 0.352 e. The Labute approximate surface area is 125 Å². The second kappa shape index (κ2) is 6.71. The molecule has 1 aliphatic carbocycles. The summed E-state index contributed by atoms with van der Waals surface area (Å²) in [4.78, 5) is 12.1. The number of hydrogen-bond acceptors (Lipinski definition) is 1. The molecule has 0 aromatic heterocycles. The lowest BCUT2D eigenvalue weighted by atomic mass is 9.89. The van der Waals surface area contributed by atoms with Crippen molar-refractivity contribution in [3.8, 4) is 0 Å². The standard InChI is InChI=1S/C14H17Br2NO/c15-11-6-7-12(13(16)8-11)14(18)17-9-10-4-2-1-3-5-10/h6-8,10H,1-5,9H2,(H,17,18). The second-order valence-corrected chi connectivity index (χ2v) is 6.61. The first-order valence-electron chi connectivity index (χ1n) is 6.40. The fourth-order valence-corrected chi connectivity index (χ4v) is 3.62. The Bertz CT molecular complexity index is 428. The van der Waals surface area contributed by atoms with E-state index in [-0.39, 0.29) is 5.91 Å². The van der Waals surface area contributed by atoms with Crippen LogP contribution in [0, 0.1) is 5.92 Å². The number of hydrogen-bond donors (Lipinski definition) is 1. The highest BCUT2D eigenvalue weighted by atomic mass is 79.9. The molecule has 1 fully saturated rings. The van der Waals surface area contributed by atoms with Gasteiger partial charge >= 0.3 is 0 Å². The number of amides is 1. The average Bonchev–Trinajstić information content (AvgIpc) is 2.37. The van der Waals surface area contributed by atoms with Gasteiger partial charge in [0.25, 0.3) is 5.91 Å². The summed E-state index contributed by atoms with van der Waals surface area (Å²) in [5.41, 5.74) is 0.703. The normalized spacial score (nSPS) is 16.6. The lowest BCUT2D eigenvalue weighted by molar-refractivity contribution is 0.0943. The molecule has 98 valence electrons. The van der Waals surface area contributed by atoms with Crippen molar-refractivity contribution in [2.24, 2.45) is 5.92 Å². The zero-order valence-electron chi connectivity index (χ0n) is 10.2. The van der Waals surface area contributed by atoms with Gasteiger partial charge in [0.2, 0.25) is 0 Å². The lowest BCUT2D eigenvalue weighted by Gasteiger charge is -2.21. The number of rotatable bonds is 3. The van der Waals surface area contributed by atoms with E-state index >= 15 is 0 Å². The summed E-state index contributed by atoms with van der Waals surface area (Å²) >= 11 is 6.81. The highest BCUT2D eigenvalue weighted by Crippen LogP contribution is 2.24. The van der Waals surface area contributed by atoms with Crippen molar-refractivity contribution in [3.63, 3.8) is 0 Å². The van der Waals surface area contributed by atoms with Gasteiger partial charge in [-0.05, 0) is 52.9 Å². The fourth-order valence-electron chi connectivity index (χ4n) is 2.40. The Morgan fingerprint density at radius 2 is 1.94 bits per heavy atom. The third-order valence-electron chi connectivity index (χ3n) is 3.45. The molecular formula is C14H17Br2NO. The van der Waals surface area contributed by atoms with Gasteiger partial charge in [0.05, 0.1) is 5.56 Å².